The summed E-state index contributed by atoms with van der Waals surface area (Å²) in [6, 6.07) is 3.19. The van der Waals surface area contributed by atoms with Gasteiger partial charge in [0.2, 0.25) is 0 Å². The lowest BCUT2D eigenvalue weighted by Gasteiger charge is -2.38. The Kier molecular flexibility index (Phi) is 9.94. The first-order valence-electron chi connectivity index (χ1n) is 12.2. The number of carboxylic acid groups (broad SMARTS) is 1. The molecule has 1 saturated carbocycles. The molecule has 0 aliphatic heterocycles. The highest BCUT2D eigenvalue weighted by atomic mass is 35.5. The summed E-state index contributed by atoms with van der Waals surface area (Å²) in [5.74, 6) is 0.531. The third kappa shape index (κ3) is 6.98. The molecule has 0 radical (unpaired) electrons. The molecule has 1 amide bonds. The van der Waals surface area contributed by atoms with Crippen LogP contribution in [0.25, 0.3) is 0 Å². The highest BCUT2D eigenvalue weighted by Crippen LogP contribution is 2.41. The Hall–Kier alpha value is -2.18. The van der Waals surface area contributed by atoms with E-state index in [0.29, 0.717) is 29.5 Å². The van der Waals surface area contributed by atoms with Crippen LogP contribution in [-0.4, -0.2) is 37.5 Å². The first-order chi connectivity index (χ1) is 16.6. The minimum Gasteiger partial charge on any atom is -0.481 e. The summed E-state index contributed by atoms with van der Waals surface area (Å²) in [6.07, 6.45) is -3.12. The van der Waals surface area contributed by atoms with E-state index in [-0.39, 0.29) is 23.0 Å². The highest BCUT2D eigenvalue weighted by molar-refractivity contribution is 6.90. The number of hydrogen-bond acceptors (Lipinski definition) is 3. The normalized spacial score (nSPS) is 18.4. The fourth-order valence-corrected chi connectivity index (χ4v) is 11.2. The number of benzene rings is 1. The summed E-state index contributed by atoms with van der Waals surface area (Å²) in [6.45, 7) is 12.8. The van der Waals surface area contributed by atoms with E-state index in [1.54, 1.807) is 0 Å². The molecular weight excluding hydrogens is 511 g/mol. The minimum atomic E-state index is -4.91. The number of ether oxygens (including phenoxy) is 1. The van der Waals surface area contributed by atoms with Crippen LogP contribution in [0.1, 0.15) is 67.2 Å². The van der Waals surface area contributed by atoms with Gasteiger partial charge in [-0.2, -0.15) is 0 Å². The van der Waals surface area contributed by atoms with Crippen molar-refractivity contribution in [3.63, 3.8) is 0 Å². The van der Waals surface area contributed by atoms with Crippen molar-refractivity contribution in [2.75, 3.05) is 4.90 Å². The lowest BCUT2D eigenvalue weighted by atomic mass is 9.97. The number of hydrogen-bond donors (Lipinski definition) is 1. The Morgan fingerprint density at radius 1 is 1.14 bits per heavy atom. The summed E-state index contributed by atoms with van der Waals surface area (Å²) in [5.41, 5.74) is 4.55. The number of rotatable bonds is 8. The number of aliphatic carboxylic acids is 1. The van der Waals surface area contributed by atoms with E-state index in [1.165, 1.54) is 17.0 Å². The standard InChI is InChI=1S/C26H35ClF3NO4Si/c1-16(2)36(17(3)4,18(5)6)13-12-24(32)31(22-9-7-8-19(22)14-25(33)34)20-10-11-23(21(27)15-20)35-26(28,29)30/h10-11,15-19,22H,7-9,14H2,1-6H3,(H,33,34). The summed E-state index contributed by atoms with van der Waals surface area (Å²) in [4.78, 5) is 26.6. The van der Waals surface area contributed by atoms with Crippen LogP contribution in [0.2, 0.25) is 21.6 Å². The van der Waals surface area contributed by atoms with Crippen molar-refractivity contribution in [1.82, 2.24) is 0 Å². The predicted octanol–water partition coefficient (Wildman–Crippen LogP) is 7.44. The van der Waals surface area contributed by atoms with Gasteiger partial charge in [-0.05, 0) is 59.5 Å². The van der Waals surface area contributed by atoms with Crippen LogP contribution >= 0.6 is 11.6 Å². The van der Waals surface area contributed by atoms with Crippen LogP contribution in [0.4, 0.5) is 18.9 Å². The third-order valence-electron chi connectivity index (χ3n) is 7.28. The van der Waals surface area contributed by atoms with Gasteiger partial charge < -0.3 is 9.84 Å². The number of halogens is 4. The molecule has 36 heavy (non-hydrogen) atoms. The van der Waals surface area contributed by atoms with E-state index in [9.17, 15) is 27.9 Å². The van der Waals surface area contributed by atoms with Crippen molar-refractivity contribution in [2.24, 2.45) is 5.92 Å². The third-order valence-corrected chi connectivity index (χ3v) is 13.9. The molecule has 200 valence electrons. The molecule has 2 atom stereocenters. The molecule has 10 heteroatoms. The lowest BCUT2D eigenvalue weighted by molar-refractivity contribution is -0.274. The Bertz CT molecular complexity index is 995. The molecule has 0 spiro atoms. The van der Waals surface area contributed by atoms with E-state index in [0.717, 1.165) is 12.5 Å². The van der Waals surface area contributed by atoms with Gasteiger partial charge in [-0.3, -0.25) is 14.5 Å². The average Bonchev–Trinajstić information content (AvgIpc) is 3.15. The van der Waals surface area contributed by atoms with Crippen molar-refractivity contribution in [1.29, 1.82) is 0 Å². The maximum absolute atomic E-state index is 13.7. The topological polar surface area (TPSA) is 66.8 Å². The van der Waals surface area contributed by atoms with Crippen LogP contribution < -0.4 is 9.64 Å². The van der Waals surface area contributed by atoms with E-state index >= 15 is 0 Å². The van der Waals surface area contributed by atoms with Crippen LogP contribution in [0.5, 0.6) is 5.75 Å². The number of amides is 1. The monoisotopic (exact) mass is 545 g/mol. The highest BCUT2D eigenvalue weighted by Gasteiger charge is 2.42. The van der Waals surface area contributed by atoms with Crippen molar-refractivity contribution >= 4 is 37.2 Å². The van der Waals surface area contributed by atoms with E-state index in [1.807, 2.05) is 0 Å². The van der Waals surface area contributed by atoms with Gasteiger partial charge in [0.1, 0.15) is 13.8 Å². The molecule has 5 nitrogen and oxygen atoms in total. The molecule has 1 fully saturated rings. The Labute approximate surface area is 217 Å². The van der Waals surface area contributed by atoms with Gasteiger partial charge in [0.15, 0.2) is 0 Å². The van der Waals surface area contributed by atoms with Crippen LogP contribution in [0.3, 0.4) is 0 Å². The second-order valence-electron chi connectivity index (χ2n) is 10.3. The largest absolute Gasteiger partial charge is 0.573 e. The van der Waals surface area contributed by atoms with E-state index < -0.39 is 38.1 Å². The maximum Gasteiger partial charge on any atom is 0.573 e. The molecule has 0 heterocycles. The Morgan fingerprint density at radius 3 is 2.19 bits per heavy atom. The van der Waals surface area contributed by atoms with Gasteiger partial charge in [0, 0.05) is 11.7 Å². The summed E-state index contributed by atoms with van der Waals surface area (Å²) < 4.78 is 42.1. The summed E-state index contributed by atoms with van der Waals surface area (Å²) in [5, 5.41) is 9.09. The van der Waals surface area contributed by atoms with Crippen molar-refractivity contribution in [2.45, 2.75) is 96.3 Å². The predicted molar refractivity (Wildman–Crippen MR) is 138 cm³/mol. The number of anilines is 1. The van der Waals surface area contributed by atoms with Crippen molar-refractivity contribution in [3.05, 3.63) is 23.2 Å². The van der Waals surface area contributed by atoms with Crippen molar-refractivity contribution in [3.8, 4) is 17.2 Å². The minimum absolute atomic E-state index is 0.118. The number of carboxylic acids is 1. The SMILES string of the molecule is CC(C)[Si](C#CC(=O)N(c1ccc(OC(F)(F)F)c(Cl)c1)C1CCCC1CC(=O)O)(C(C)C)C(C)C. The van der Waals surface area contributed by atoms with Crippen LogP contribution in [0.15, 0.2) is 18.2 Å². The van der Waals surface area contributed by atoms with E-state index in [4.69, 9.17) is 11.6 Å². The zero-order valence-corrected chi connectivity index (χ0v) is 23.3. The van der Waals surface area contributed by atoms with Gasteiger partial charge in [-0.25, -0.2) is 0 Å². The van der Waals surface area contributed by atoms with Gasteiger partial charge in [-0.1, -0.05) is 59.6 Å². The average molecular weight is 546 g/mol. The lowest BCUT2D eigenvalue weighted by Crippen LogP contribution is -2.45. The second kappa shape index (κ2) is 11.9. The molecule has 1 N–H and O–H groups in total. The molecule has 2 rings (SSSR count). The Balaban J connectivity index is 2.58. The molecule has 0 aromatic heterocycles. The van der Waals surface area contributed by atoms with Crippen LogP contribution in [0, 0.1) is 17.4 Å². The molecule has 2 unspecified atom stereocenters. The number of alkyl halides is 3. The maximum atomic E-state index is 13.7. The first-order valence-corrected chi connectivity index (χ1v) is 14.8. The molecular formula is C26H35ClF3NO4Si. The molecule has 1 aromatic carbocycles. The zero-order chi connectivity index (χ0) is 27.4. The number of carbonyl (C=O) groups excluding carboxylic acids is 1. The van der Waals surface area contributed by atoms with Crippen LogP contribution in [-0.2, 0) is 9.59 Å². The molecule has 1 aliphatic rings. The summed E-state index contributed by atoms with van der Waals surface area (Å²) in [7, 11) is -2.24. The molecule has 0 saturated heterocycles. The molecule has 1 aliphatic carbocycles. The number of carbonyl (C=O) groups is 2. The first kappa shape index (κ1) is 30.0. The van der Waals surface area contributed by atoms with Gasteiger partial charge >= 0.3 is 18.2 Å². The molecule has 1 aromatic rings. The zero-order valence-electron chi connectivity index (χ0n) is 21.6. The Morgan fingerprint density at radius 2 is 1.72 bits per heavy atom. The molecule has 0 bridgehead atoms. The quantitative estimate of drug-likeness (QED) is 0.272. The van der Waals surface area contributed by atoms with Crippen molar-refractivity contribution < 1.29 is 32.6 Å². The number of nitrogens with zero attached hydrogens (tertiary/aromatic N) is 1. The van der Waals surface area contributed by atoms with E-state index in [2.05, 4.69) is 57.7 Å². The second-order valence-corrected chi connectivity index (χ2v) is 16.3. The smallest absolute Gasteiger partial charge is 0.481 e. The van der Waals surface area contributed by atoms with Gasteiger partial charge in [0.25, 0.3) is 0 Å². The fourth-order valence-electron chi connectivity index (χ4n) is 5.78. The summed E-state index contributed by atoms with van der Waals surface area (Å²) >= 11 is 6.10. The fraction of sp³-hybridized carbons (Fsp3) is 0.615. The van der Waals surface area contributed by atoms with Gasteiger partial charge in [-0.15, -0.1) is 18.7 Å². The van der Waals surface area contributed by atoms with Gasteiger partial charge in [0.05, 0.1) is 11.4 Å².